The molecule has 1 fully saturated rings. The minimum absolute atomic E-state index is 0.0554. The van der Waals surface area contributed by atoms with E-state index in [2.05, 4.69) is 23.8 Å². The lowest BCUT2D eigenvalue weighted by Crippen LogP contribution is -2.51. The van der Waals surface area contributed by atoms with E-state index >= 15 is 0 Å². The molecule has 0 aliphatic carbocycles. The molecular formula is C12H22N2O3. The molecule has 0 aromatic carbocycles. The van der Waals surface area contributed by atoms with Crippen molar-refractivity contribution in [1.82, 2.24) is 9.80 Å². The summed E-state index contributed by atoms with van der Waals surface area (Å²) in [5.41, 5.74) is 0. The maximum atomic E-state index is 11.6. The van der Waals surface area contributed by atoms with Crippen molar-refractivity contribution >= 4 is 11.8 Å². The summed E-state index contributed by atoms with van der Waals surface area (Å²) in [5, 5.41) is 0. The molecule has 0 radical (unpaired) electrons. The molecule has 1 saturated heterocycles. The molecule has 0 bridgehead atoms. The van der Waals surface area contributed by atoms with E-state index in [1.807, 2.05) is 0 Å². The van der Waals surface area contributed by atoms with Gasteiger partial charge < -0.3 is 9.64 Å². The first kappa shape index (κ1) is 14.1. The molecule has 1 aliphatic rings. The predicted octanol–water partition coefficient (Wildman–Crippen LogP) is 0.145. The Morgan fingerprint density at radius 3 is 2.65 bits per heavy atom. The van der Waals surface area contributed by atoms with Crippen LogP contribution in [-0.4, -0.2) is 67.4 Å². The lowest BCUT2D eigenvalue weighted by Gasteiger charge is -2.37. The molecule has 0 saturated carbocycles. The van der Waals surface area contributed by atoms with Gasteiger partial charge in [-0.05, 0) is 20.9 Å². The second-order valence-electron chi connectivity index (χ2n) is 4.59. The third-order valence-electron chi connectivity index (χ3n) is 3.09. The molecule has 0 aromatic rings. The van der Waals surface area contributed by atoms with Gasteiger partial charge in [0.2, 0.25) is 0 Å². The van der Waals surface area contributed by atoms with Crippen LogP contribution in [0.1, 0.15) is 20.3 Å². The van der Waals surface area contributed by atoms with Crippen LogP contribution in [-0.2, 0) is 14.3 Å². The Morgan fingerprint density at radius 1 is 1.35 bits per heavy atom. The van der Waals surface area contributed by atoms with E-state index in [0.717, 1.165) is 19.6 Å². The number of hydrogen-bond acceptors (Lipinski definition) is 5. The molecule has 1 atom stereocenters. The van der Waals surface area contributed by atoms with Crippen LogP contribution in [0.2, 0.25) is 0 Å². The molecule has 5 heteroatoms. The predicted molar refractivity (Wildman–Crippen MR) is 64.8 cm³/mol. The SMILES string of the molecule is CCOC(=O)CC(=O)CN1CCN(C)C(C)C1. The molecule has 5 nitrogen and oxygen atoms in total. The number of rotatable bonds is 5. The Labute approximate surface area is 103 Å². The molecule has 1 unspecified atom stereocenters. The van der Waals surface area contributed by atoms with E-state index in [1.54, 1.807) is 6.92 Å². The van der Waals surface area contributed by atoms with Gasteiger partial charge in [0.25, 0.3) is 0 Å². The van der Waals surface area contributed by atoms with Gasteiger partial charge in [-0.3, -0.25) is 14.5 Å². The van der Waals surface area contributed by atoms with Crippen molar-refractivity contribution in [2.45, 2.75) is 26.3 Å². The molecule has 0 N–H and O–H groups in total. The zero-order valence-electron chi connectivity index (χ0n) is 10.9. The van der Waals surface area contributed by atoms with Gasteiger partial charge in [0, 0.05) is 25.7 Å². The smallest absolute Gasteiger partial charge is 0.313 e. The van der Waals surface area contributed by atoms with Gasteiger partial charge >= 0.3 is 5.97 Å². The number of hydrogen-bond donors (Lipinski definition) is 0. The summed E-state index contributed by atoms with van der Waals surface area (Å²) in [5.74, 6) is -0.472. The fraction of sp³-hybridized carbons (Fsp3) is 0.833. The van der Waals surface area contributed by atoms with Crippen molar-refractivity contribution in [2.24, 2.45) is 0 Å². The lowest BCUT2D eigenvalue weighted by atomic mass is 10.2. The van der Waals surface area contributed by atoms with Crippen LogP contribution in [0.5, 0.6) is 0 Å². The standard InChI is InChI=1S/C12H22N2O3/c1-4-17-12(16)7-11(15)9-14-6-5-13(3)10(2)8-14/h10H,4-9H2,1-3H3. The lowest BCUT2D eigenvalue weighted by molar-refractivity contribution is -0.145. The Kier molecular flexibility index (Phi) is 5.58. The fourth-order valence-electron chi connectivity index (χ4n) is 1.95. The van der Waals surface area contributed by atoms with E-state index in [9.17, 15) is 9.59 Å². The Morgan fingerprint density at radius 2 is 2.06 bits per heavy atom. The maximum absolute atomic E-state index is 11.6. The molecule has 1 heterocycles. The van der Waals surface area contributed by atoms with Gasteiger partial charge in [0.15, 0.2) is 5.78 Å². The average Bonchev–Trinajstić information content (AvgIpc) is 2.23. The van der Waals surface area contributed by atoms with Crippen molar-refractivity contribution in [2.75, 3.05) is 39.8 Å². The average molecular weight is 242 g/mol. The van der Waals surface area contributed by atoms with E-state index in [-0.39, 0.29) is 12.2 Å². The molecule has 98 valence electrons. The summed E-state index contributed by atoms with van der Waals surface area (Å²) in [4.78, 5) is 27.1. The quantitative estimate of drug-likeness (QED) is 0.507. The van der Waals surface area contributed by atoms with Crippen molar-refractivity contribution in [3.8, 4) is 0 Å². The van der Waals surface area contributed by atoms with Crippen LogP contribution in [0, 0.1) is 0 Å². The first-order chi connectivity index (χ1) is 8.02. The number of nitrogens with zero attached hydrogens (tertiary/aromatic N) is 2. The third-order valence-corrected chi connectivity index (χ3v) is 3.09. The van der Waals surface area contributed by atoms with E-state index in [0.29, 0.717) is 19.2 Å². The zero-order valence-corrected chi connectivity index (χ0v) is 10.9. The summed E-state index contributed by atoms with van der Waals surface area (Å²) in [6.45, 7) is 7.30. The van der Waals surface area contributed by atoms with Crippen LogP contribution in [0.15, 0.2) is 0 Å². The van der Waals surface area contributed by atoms with Gasteiger partial charge in [0.05, 0.1) is 13.2 Å². The second kappa shape index (κ2) is 6.71. The minimum Gasteiger partial charge on any atom is -0.466 e. The van der Waals surface area contributed by atoms with Crippen molar-refractivity contribution in [3.63, 3.8) is 0 Å². The number of carbonyl (C=O) groups is 2. The van der Waals surface area contributed by atoms with Crippen molar-refractivity contribution < 1.29 is 14.3 Å². The Balaban J connectivity index is 2.29. The van der Waals surface area contributed by atoms with Crippen LogP contribution in [0.3, 0.4) is 0 Å². The highest BCUT2D eigenvalue weighted by Crippen LogP contribution is 2.07. The number of carbonyl (C=O) groups excluding carboxylic acids is 2. The van der Waals surface area contributed by atoms with Crippen LogP contribution in [0.25, 0.3) is 0 Å². The van der Waals surface area contributed by atoms with Crippen LogP contribution >= 0.6 is 0 Å². The highest BCUT2D eigenvalue weighted by Gasteiger charge is 2.22. The summed E-state index contributed by atoms with van der Waals surface area (Å²) >= 11 is 0. The van der Waals surface area contributed by atoms with Gasteiger partial charge in [-0.1, -0.05) is 0 Å². The monoisotopic (exact) mass is 242 g/mol. The van der Waals surface area contributed by atoms with Gasteiger partial charge in [-0.25, -0.2) is 0 Å². The highest BCUT2D eigenvalue weighted by atomic mass is 16.5. The topological polar surface area (TPSA) is 49.9 Å². The van der Waals surface area contributed by atoms with Crippen LogP contribution < -0.4 is 0 Å². The summed E-state index contributed by atoms with van der Waals surface area (Å²) in [6.07, 6.45) is -0.103. The van der Waals surface area contributed by atoms with Gasteiger partial charge in [-0.15, -0.1) is 0 Å². The van der Waals surface area contributed by atoms with Crippen molar-refractivity contribution in [1.29, 1.82) is 0 Å². The zero-order chi connectivity index (χ0) is 12.8. The molecule has 0 aromatic heterocycles. The number of ether oxygens (including phenoxy) is 1. The largest absolute Gasteiger partial charge is 0.466 e. The van der Waals surface area contributed by atoms with E-state index < -0.39 is 5.97 Å². The normalized spacial score (nSPS) is 22.4. The molecule has 0 amide bonds. The maximum Gasteiger partial charge on any atom is 0.313 e. The Bertz CT molecular complexity index is 281. The van der Waals surface area contributed by atoms with Crippen molar-refractivity contribution in [3.05, 3.63) is 0 Å². The minimum atomic E-state index is -0.417. The summed E-state index contributed by atoms with van der Waals surface area (Å²) in [7, 11) is 2.09. The Hall–Kier alpha value is -0.940. The second-order valence-corrected chi connectivity index (χ2v) is 4.59. The van der Waals surface area contributed by atoms with E-state index in [1.165, 1.54) is 0 Å². The number of Topliss-reactive ketones (excluding diaryl/α,β-unsaturated/α-hetero) is 1. The summed E-state index contributed by atoms with van der Waals surface area (Å²) in [6, 6.07) is 0.458. The highest BCUT2D eigenvalue weighted by molar-refractivity contribution is 5.96. The number of piperazine rings is 1. The number of esters is 1. The molecule has 0 spiro atoms. The molecular weight excluding hydrogens is 220 g/mol. The number of ketones is 1. The first-order valence-corrected chi connectivity index (χ1v) is 6.12. The van der Waals surface area contributed by atoms with Gasteiger partial charge in [0.1, 0.15) is 6.42 Å². The van der Waals surface area contributed by atoms with Gasteiger partial charge in [-0.2, -0.15) is 0 Å². The first-order valence-electron chi connectivity index (χ1n) is 6.12. The molecule has 1 aliphatic heterocycles. The molecule has 17 heavy (non-hydrogen) atoms. The third kappa shape index (κ3) is 4.83. The van der Waals surface area contributed by atoms with E-state index in [4.69, 9.17) is 4.74 Å². The fourth-order valence-corrected chi connectivity index (χ4v) is 1.95. The van der Waals surface area contributed by atoms with Crippen LogP contribution in [0.4, 0.5) is 0 Å². The number of likely N-dealkylation sites (N-methyl/N-ethyl adjacent to an activating group) is 1. The summed E-state index contributed by atoms with van der Waals surface area (Å²) < 4.78 is 4.75. The molecule has 1 rings (SSSR count).